The molecule has 0 aromatic heterocycles. The van der Waals surface area contributed by atoms with Crippen LogP contribution in [0.15, 0.2) is 0 Å². The summed E-state index contributed by atoms with van der Waals surface area (Å²) in [6.45, 7) is -3.18. The van der Waals surface area contributed by atoms with E-state index in [0.29, 0.717) is 0 Å². The summed E-state index contributed by atoms with van der Waals surface area (Å²) in [5, 5.41) is 84.5. The summed E-state index contributed by atoms with van der Waals surface area (Å²) in [4.78, 5) is 0. The lowest BCUT2D eigenvalue weighted by Crippen LogP contribution is -2.52. The number of hydrogen-bond acceptors (Lipinski definition) is 11. The van der Waals surface area contributed by atoms with E-state index >= 15 is 0 Å². The summed E-state index contributed by atoms with van der Waals surface area (Å²) in [7, 11) is 0. The van der Waals surface area contributed by atoms with Gasteiger partial charge in [-0.3, -0.25) is 0 Å². The Balaban J connectivity index is 2.67. The summed E-state index contributed by atoms with van der Waals surface area (Å²) in [6, 6.07) is 0. The molecule has 11 nitrogen and oxygen atoms in total. The maximum Gasteiger partial charge on any atom is 0.221 e. The summed E-state index contributed by atoms with van der Waals surface area (Å²) in [5.74, 6) is -2.13. The van der Waals surface area contributed by atoms with E-state index in [2.05, 4.69) is 0 Å². The minimum atomic E-state index is -2.13. The predicted molar refractivity (Wildman–Crippen MR) is 70.9 cm³/mol. The first-order valence-corrected chi connectivity index (χ1v) is 6.96. The van der Waals surface area contributed by atoms with Gasteiger partial charge >= 0.3 is 0 Å². The lowest BCUT2D eigenvalue weighted by molar-refractivity contribution is -0.287. The fourth-order valence-corrected chi connectivity index (χ4v) is 2.19. The second-order valence-corrected chi connectivity index (χ2v) is 5.35. The highest BCUT2D eigenvalue weighted by Crippen LogP contribution is 2.32. The number of rotatable bonds is 9. The van der Waals surface area contributed by atoms with E-state index < -0.39 is 74.9 Å². The third-order valence-electron chi connectivity index (χ3n) is 3.73. The SMILES string of the molecule is OC[C@@H](O)[C@@H](O)[C@H](O)[C@@H](O)CO[C@@]1(CO)O[C@H](CO)[C@@H](O)[C@@H]1O. The molecule has 11 heteroatoms. The van der Waals surface area contributed by atoms with E-state index in [4.69, 9.17) is 19.7 Å². The lowest BCUT2D eigenvalue weighted by Gasteiger charge is -2.32. The van der Waals surface area contributed by atoms with Crippen molar-refractivity contribution in [3.05, 3.63) is 0 Å². The molecule has 0 radical (unpaired) electrons. The van der Waals surface area contributed by atoms with Gasteiger partial charge in [0.05, 0.1) is 19.8 Å². The van der Waals surface area contributed by atoms with Crippen LogP contribution in [0, 0.1) is 0 Å². The Labute approximate surface area is 131 Å². The Morgan fingerprint density at radius 1 is 0.957 bits per heavy atom. The van der Waals surface area contributed by atoms with Crippen molar-refractivity contribution in [2.45, 2.75) is 48.5 Å². The maximum atomic E-state index is 9.86. The van der Waals surface area contributed by atoms with E-state index in [9.17, 15) is 35.7 Å². The van der Waals surface area contributed by atoms with Crippen LogP contribution < -0.4 is 0 Å². The number of aliphatic hydroxyl groups excluding tert-OH is 9. The van der Waals surface area contributed by atoms with Gasteiger partial charge in [0.1, 0.15) is 49.3 Å². The predicted octanol–water partition coefficient (Wildman–Crippen LogP) is -5.76. The van der Waals surface area contributed by atoms with Crippen molar-refractivity contribution >= 4 is 0 Å². The molecule has 0 bridgehead atoms. The fraction of sp³-hybridized carbons (Fsp3) is 1.00. The quantitative estimate of drug-likeness (QED) is 0.193. The van der Waals surface area contributed by atoms with Gasteiger partial charge in [-0.1, -0.05) is 0 Å². The highest BCUT2D eigenvalue weighted by molar-refractivity contribution is 4.96. The van der Waals surface area contributed by atoms with Crippen molar-refractivity contribution in [3.8, 4) is 0 Å². The Bertz CT molecular complexity index is 356. The van der Waals surface area contributed by atoms with Gasteiger partial charge in [0.2, 0.25) is 5.79 Å². The first-order valence-electron chi connectivity index (χ1n) is 6.96. The molecule has 8 atom stereocenters. The van der Waals surface area contributed by atoms with Gasteiger partial charge in [0.15, 0.2) is 0 Å². The summed E-state index contributed by atoms with van der Waals surface area (Å²) in [5.41, 5.74) is 0. The van der Waals surface area contributed by atoms with Gasteiger partial charge in [-0.25, -0.2) is 0 Å². The molecule has 1 fully saturated rings. The van der Waals surface area contributed by atoms with Crippen LogP contribution in [0.4, 0.5) is 0 Å². The molecule has 1 aliphatic heterocycles. The molecule has 0 aromatic carbocycles. The van der Waals surface area contributed by atoms with Gasteiger partial charge < -0.3 is 55.4 Å². The molecule has 0 unspecified atom stereocenters. The largest absolute Gasteiger partial charge is 0.394 e. The van der Waals surface area contributed by atoms with Crippen LogP contribution in [0.5, 0.6) is 0 Å². The minimum absolute atomic E-state index is 0.657. The third-order valence-corrected chi connectivity index (χ3v) is 3.73. The fourth-order valence-electron chi connectivity index (χ4n) is 2.19. The Hall–Kier alpha value is -0.440. The van der Waals surface area contributed by atoms with Crippen molar-refractivity contribution in [3.63, 3.8) is 0 Å². The molecular formula is C12H24O11. The first-order chi connectivity index (χ1) is 10.7. The molecule has 138 valence electrons. The van der Waals surface area contributed by atoms with Gasteiger partial charge in [0.25, 0.3) is 0 Å². The Morgan fingerprint density at radius 2 is 1.52 bits per heavy atom. The molecule has 1 saturated heterocycles. The van der Waals surface area contributed by atoms with Crippen LogP contribution in [0.3, 0.4) is 0 Å². The molecule has 0 saturated carbocycles. The Kier molecular flexibility index (Phi) is 7.70. The van der Waals surface area contributed by atoms with E-state index in [1.54, 1.807) is 0 Å². The zero-order chi connectivity index (χ0) is 17.8. The zero-order valence-electron chi connectivity index (χ0n) is 12.2. The second-order valence-electron chi connectivity index (χ2n) is 5.35. The van der Waals surface area contributed by atoms with Crippen molar-refractivity contribution in [1.29, 1.82) is 0 Å². The second kappa shape index (κ2) is 8.60. The number of aliphatic hydroxyl groups is 9. The van der Waals surface area contributed by atoms with E-state index in [1.165, 1.54) is 0 Å². The van der Waals surface area contributed by atoms with Crippen molar-refractivity contribution < 1.29 is 55.4 Å². The molecule has 0 spiro atoms. The van der Waals surface area contributed by atoms with Crippen LogP contribution >= 0.6 is 0 Å². The molecular weight excluding hydrogens is 320 g/mol. The summed E-state index contributed by atoms with van der Waals surface area (Å²) >= 11 is 0. The summed E-state index contributed by atoms with van der Waals surface area (Å²) < 4.78 is 10.1. The average Bonchev–Trinajstić information content (AvgIpc) is 2.82. The van der Waals surface area contributed by atoms with Gasteiger partial charge in [-0.15, -0.1) is 0 Å². The van der Waals surface area contributed by atoms with Gasteiger partial charge in [-0.2, -0.15) is 0 Å². The molecule has 0 aromatic rings. The van der Waals surface area contributed by atoms with Crippen molar-refractivity contribution in [1.82, 2.24) is 0 Å². The third kappa shape index (κ3) is 4.35. The van der Waals surface area contributed by atoms with E-state index in [1.807, 2.05) is 0 Å². The van der Waals surface area contributed by atoms with E-state index in [-0.39, 0.29) is 0 Å². The highest BCUT2D eigenvalue weighted by atomic mass is 16.7. The zero-order valence-corrected chi connectivity index (χ0v) is 12.2. The van der Waals surface area contributed by atoms with Crippen LogP contribution in [-0.2, 0) is 9.47 Å². The van der Waals surface area contributed by atoms with E-state index in [0.717, 1.165) is 0 Å². The molecule has 1 aliphatic rings. The molecule has 0 amide bonds. The molecule has 23 heavy (non-hydrogen) atoms. The van der Waals surface area contributed by atoms with Gasteiger partial charge in [0, 0.05) is 0 Å². The smallest absolute Gasteiger partial charge is 0.221 e. The van der Waals surface area contributed by atoms with Crippen LogP contribution in [0.2, 0.25) is 0 Å². The monoisotopic (exact) mass is 344 g/mol. The van der Waals surface area contributed by atoms with Gasteiger partial charge in [-0.05, 0) is 0 Å². The first kappa shape index (κ1) is 20.6. The highest BCUT2D eigenvalue weighted by Gasteiger charge is 2.55. The average molecular weight is 344 g/mol. The summed E-state index contributed by atoms with van der Waals surface area (Å²) in [6.07, 6.45) is -11.7. The number of hydrogen-bond donors (Lipinski definition) is 9. The van der Waals surface area contributed by atoms with Crippen molar-refractivity contribution in [2.75, 3.05) is 26.4 Å². The molecule has 1 rings (SSSR count). The maximum absolute atomic E-state index is 9.86. The normalized spacial score (nSPS) is 36.7. The lowest BCUT2D eigenvalue weighted by atomic mass is 10.0. The van der Waals surface area contributed by atoms with Crippen LogP contribution in [0.25, 0.3) is 0 Å². The Morgan fingerprint density at radius 3 is 1.96 bits per heavy atom. The molecule has 1 heterocycles. The topological polar surface area (TPSA) is 201 Å². The molecule has 0 aliphatic carbocycles. The van der Waals surface area contributed by atoms with Crippen LogP contribution in [0.1, 0.15) is 0 Å². The number of ether oxygens (including phenoxy) is 2. The van der Waals surface area contributed by atoms with Crippen molar-refractivity contribution in [2.24, 2.45) is 0 Å². The minimum Gasteiger partial charge on any atom is -0.394 e. The molecule has 9 N–H and O–H groups in total. The standard InChI is InChI=1S/C12H24O11/c13-1-5(16)8(18)9(19)6(17)3-22-12(4-15)11(21)10(20)7(2-14)23-12/h5-11,13-21H,1-4H2/t5-,6+,7-,8-,9-,10-,11+,12+/m1/s1. The van der Waals surface area contributed by atoms with Crippen LogP contribution in [-0.4, -0.2) is 121 Å².